The van der Waals surface area contributed by atoms with Gasteiger partial charge in [-0.05, 0) is 67.2 Å². The molecule has 0 aliphatic rings. The van der Waals surface area contributed by atoms with Gasteiger partial charge in [-0.3, -0.25) is 10.1 Å². The Labute approximate surface area is 172 Å². The summed E-state index contributed by atoms with van der Waals surface area (Å²) in [6.07, 6.45) is 0. The molecule has 0 radical (unpaired) electrons. The van der Waals surface area contributed by atoms with E-state index >= 15 is 0 Å². The number of nitrogens with one attached hydrogen (secondary N) is 2. The molecule has 0 unspecified atom stereocenters. The lowest BCUT2D eigenvalue weighted by molar-refractivity contribution is 0.0977. The van der Waals surface area contributed by atoms with Gasteiger partial charge in [0.2, 0.25) is 0 Å². The second-order valence-electron chi connectivity index (χ2n) is 6.29. The number of para-hydroxylation sites is 1. The van der Waals surface area contributed by atoms with Crippen LogP contribution in [0.3, 0.4) is 0 Å². The predicted octanol–water partition coefficient (Wildman–Crippen LogP) is 5.40. The molecule has 28 heavy (non-hydrogen) atoms. The summed E-state index contributed by atoms with van der Waals surface area (Å²) in [5.74, 6) is -0.234. The van der Waals surface area contributed by atoms with Gasteiger partial charge in [0.25, 0.3) is 5.91 Å². The maximum absolute atomic E-state index is 12.2. The Hall–Kier alpha value is -3.09. The average Bonchev–Trinajstić information content (AvgIpc) is 3.14. The molecule has 1 aromatic heterocycles. The summed E-state index contributed by atoms with van der Waals surface area (Å²) in [6, 6.07) is 23.1. The largest absolute Gasteiger partial charge is 0.332 e. The summed E-state index contributed by atoms with van der Waals surface area (Å²) < 4.78 is 1.17. The second kappa shape index (κ2) is 7.88. The zero-order valence-corrected chi connectivity index (χ0v) is 16.7. The fourth-order valence-electron chi connectivity index (χ4n) is 2.85. The average molecular weight is 404 g/mol. The van der Waals surface area contributed by atoms with Crippen molar-refractivity contribution in [3.8, 4) is 10.6 Å². The van der Waals surface area contributed by atoms with E-state index < -0.39 is 0 Å². The van der Waals surface area contributed by atoms with Crippen LogP contribution in [0.5, 0.6) is 0 Å². The predicted molar refractivity (Wildman–Crippen MR) is 120 cm³/mol. The lowest BCUT2D eigenvalue weighted by Crippen LogP contribution is -2.34. The fraction of sp³-hybridized carbons (Fsp3) is 0.0455. The molecular formula is C22H17N3OS2. The number of aryl methyl sites for hydroxylation is 1. The first-order valence-corrected chi connectivity index (χ1v) is 9.96. The number of anilines is 1. The molecule has 1 heterocycles. The van der Waals surface area contributed by atoms with Crippen LogP contribution in [0.1, 0.15) is 15.9 Å². The van der Waals surface area contributed by atoms with E-state index in [0.717, 1.165) is 27.3 Å². The first-order valence-electron chi connectivity index (χ1n) is 8.74. The Balaban J connectivity index is 1.48. The molecule has 2 N–H and O–H groups in total. The highest BCUT2D eigenvalue weighted by atomic mass is 32.1. The minimum Gasteiger partial charge on any atom is -0.332 e. The third-order valence-corrected chi connectivity index (χ3v) is 5.57. The molecular weight excluding hydrogens is 386 g/mol. The number of benzene rings is 3. The zero-order valence-electron chi connectivity index (χ0n) is 15.1. The van der Waals surface area contributed by atoms with Gasteiger partial charge in [0.15, 0.2) is 5.11 Å². The van der Waals surface area contributed by atoms with E-state index in [9.17, 15) is 4.79 Å². The lowest BCUT2D eigenvalue weighted by Gasteiger charge is -2.12. The summed E-state index contributed by atoms with van der Waals surface area (Å²) >= 11 is 6.96. The number of nitrogens with zero attached hydrogens (tertiary/aromatic N) is 1. The van der Waals surface area contributed by atoms with Crippen molar-refractivity contribution in [2.45, 2.75) is 6.92 Å². The van der Waals surface area contributed by atoms with Crippen LogP contribution in [0.15, 0.2) is 72.8 Å². The maximum atomic E-state index is 12.2. The van der Waals surface area contributed by atoms with E-state index in [-0.39, 0.29) is 11.0 Å². The quantitative estimate of drug-likeness (QED) is 0.450. The number of aromatic nitrogens is 1. The van der Waals surface area contributed by atoms with Crippen molar-refractivity contribution in [3.63, 3.8) is 0 Å². The van der Waals surface area contributed by atoms with Crippen LogP contribution in [0.25, 0.3) is 20.8 Å². The highest BCUT2D eigenvalue weighted by molar-refractivity contribution is 7.80. The molecule has 0 atom stereocenters. The summed E-state index contributed by atoms with van der Waals surface area (Å²) in [5, 5.41) is 7.06. The zero-order chi connectivity index (χ0) is 19.5. The summed E-state index contributed by atoms with van der Waals surface area (Å²) in [6.45, 7) is 2.00. The van der Waals surface area contributed by atoms with Gasteiger partial charge in [0.1, 0.15) is 5.01 Å². The summed E-state index contributed by atoms with van der Waals surface area (Å²) in [4.78, 5) is 16.9. The number of carbonyl (C=O) groups is 1. The number of amides is 1. The molecule has 1 amide bonds. The van der Waals surface area contributed by atoms with Gasteiger partial charge >= 0.3 is 0 Å². The normalized spacial score (nSPS) is 10.6. The molecule has 4 rings (SSSR count). The van der Waals surface area contributed by atoms with E-state index in [1.807, 2.05) is 55.5 Å². The Morgan fingerprint density at radius 3 is 2.50 bits per heavy atom. The number of thiocarbonyl (C=S) groups is 1. The monoisotopic (exact) mass is 403 g/mol. The Morgan fingerprint density at radius 2 is 1.75 bits per heavy atom. The van der Waals surface area contributed by atoms with Crippen molar-refractivity contribution >= 4 is 50.5 Å². The third kappa shape index (κ3) is 3.93. The lowest BCUT2D eigenvalue weighted by atomic mass is 10.1. The van der Waals surface area contributed by atoms with Crippen molar-refractivity contribution < 1.29 is 4.79 Å². The Bertz CT molecular complexity index is 1140. The van der Waals surface area contributed by atoms with Crippen molar-refractivity contribution in [2.24, 2.45) is 0 Å². The van der Waals surface area contributed by atoms with Crippen LogP contribution in [-0.4, -0.2) is 16.0 Å². The number of rotatable bonds is 3. The number of thiazole rings is 1. The van der Waals surface area contributed by atoms with Crippen molar-refractivity contribution in [2.75, 3.05) is 5.32 Å². The van der Waals surface area contributed by atoms with Crippen LogP contribution in [0.4, 0.5) is 5.69 Å². The number of fused-ring (bicyclic) bond motifs is 1. The summed E-state index contributed by atoms with van der Waals surface area (Å²) in [7, 11) is 0. The van der Waals surface area contributed by atoms with Crippen LogP contribution < -0.4 is 10.6 Å². The van der Waals surface area contributed by atoms with Gasteiger partial charge in [-0.25, -0.2) is 4.98 Å². The van der Waals surface area contributed by atoms with Gasteiger partial charge in [0, 0.05) is 16.8 Å². The molecule has 3 aromatic carbocycles. The second-order valence-corrected chi connectivity index (χ2v) is 7.73. The van der Waals surface area contributed by atoms with Crippen LogP contribution in [0.2, 0.25) is 0 Å². The number of hydrogen-bond donors (Lipinski definition) is 2. The van der Waals surface area contributed by atoms with Gasteiger partial charge in [0.05, 0.1) is 10.2 Å². The van der Waals surface area contributed by atoms with Gasteiger partial charge in [-0.15, -0.1) is 11.3 Å². The van der Waals surface area contributed by atoms with Crippen molar-refractivity contribution in [1.29, 1.82) is 0 Å². The van der Waals surface area contributed by atoms with Crippen LogP contribution in [-0.2, 0) is 0 Å². The first kappa shape index (κ1) is 18.3. The van der Waals surface area contributed by atoms with Crippen LogP contribution >= 0.6 is 23.6 Å². The van der Waals surface area contributed by atoms with E-state index in [4.69, 9.17) is 17.2 Å². The van der Waals surface area contributed by atoms with Gasteiger partial charge < -0.3 is 5.32 Å². The van der Waals surface area contributed by atoms with Gasteiger partial charge in [-0.1, -0.05) is 30.3 Å². The molecule has 0 aliphatic carbocycles. The minimum absolute atomic E-state index is 0.234. The molecule has 138 valence electrons. The highest BCUT2D eigenvalue weighted by Crippen LogP contribution is 2.31. The molecule has 0 aliphatic heterocycles. The molecule has 0 spiro atoms. The van der Waals surface area contributed by atoms with E-state index in [1.54, 1.807) is 23.5 Å². The topological polar surface area (TPSA) is 54.0 Å². The SMILES string of the molecule is Cc1cc(-c2nc3ccccc3s2)ccc1NC(=S)NC(=O)c1ccccc1. The molecule has 0 fully saturated rings. The van der Waals surface area contributed by atoms with E-state index in [1.165, 1.54) is 4.70 Å². The molecule has 4 nitrogen and oxygen atoms in total. The van der Waals surface area contributed by atoms with Crippen molar-refractivity contribution in [1.82, 2.24) is 10.3 Å². The maximum Gasteiger partial charge on any atom is 0.257 e. The molecule has 0 bridgehead atoms. The van der Waals surface area contributed by atoms with E-state index in [0.29, 0.717) is 5.56 Å². The molecule has 0 saturated heterocycles. The molecule has 4 aromatic rings. The Morgan fingerprint density at radius 1 is 1.00 bits per heavy atom. The smallest absolute Gasteiger partial charge is 0.257 e. The first-order chi connectivity index (χ1) is 13.6. The highest BCUT2D eigenvalue weighted by Gasteiger charge is 2.10. The van der Waals surface area contributed by atoms with Crippen LogP contribution in [0, 0.1) is 6.92 Å². The molecule has 6 heteroatoms. The Kier molecular flexibility index (Phi) is 5.14. The molecule has 0 saturated carbocycles. The number of hydrogen-bond acceptors (Lipinski definition) is 4. The van der Waals surface area contributed by atoms with Gasteiger partial charge in [-0.2, -0.15) is 0 Å². The van der Waals surface area contributed by atoms with E-state index in [2.05, 4.69) is 22.8 Å². The number of carbonyl (C=O) groups excluding carboxylic acids is 1. The third-order valence-electron chi connectivity index (χ3n) is 4.28. The van der Waals surface area contributed by atoms with Crippen molar-refractivity contribution in [3.05, 3.63) is 83.9 Å². The standard InChI is InChI=1S/C22H17N3OS2/c1-14-13-16(21-23-18-9-5-6-10-19(18)28-21)11-12-17(14)24-22(27)25-20(26)15-7-3-2-4-8-15/h2-13H,1H3,(H2,24,25,26,27). The summed E-state index contributed by atoms with van der Waals surface area (Å²) in [5.41, 5.74) is 4.50. The minimum atomic E-state index is -0.234. The fourth-order valence-corrected chi connectivity index (χ4v) is 4.02.